The Kier molecular flexibility index (Phi) is 6.32. The highest BCUT2D eigenvalue weighted by Crippen LogP contribution is 2.22. The minimum atomic E-state index is -0.0177. The Balaban J connectivity index is 1.54. The van der Waals surface area contributed by atoms with Gasteiger partial charge in [-0.05, 0) is 68.3 Å². The van der Waals surface area contributed by atoms with Gasteiger partial charge >= 0.3 is 0 Å². The number of aryl methyl sites for hydroxylation is 1. The minimum absolute atomic E-state index is 0.0177. The van der Waals surface area contributed by atoms with Crippen LogP contribution in [0.4, 0.5) is 0 Å². The van der Waals surface area contributed by atoms with Crippen molar-refractivity contribution in [3.63, 3.8) is 0 Å². The van der Waals surface area contributed by atoms with E-state index in [1.54, 1.807) is 11.7 Å². The topological polar surface area (TPSA) is 53.3 Å². The Morgan fingerprint density at radius 2 is 1.58 bits per heavy atom. The molecule has 5 nitrogen and oxygen atoms in total. The zero-order valence-corrected chi connectivity index (χ0v) is 17.9. The van der Waals surface area contributed by atoms with Gasteiger partial charge in [-0.3, -0.25) is 9.36 Å². The van der Waals surface area contributed by atoms with Gasteiger partial charge in [0.15, 0.2) is 0 Å². The summed E-state index contributed by atoms with van der Waals surface area (Å²) >= 11 is 0. The second kappa shape index (κ2) is 9.47. The highest BCUT2D eigenvalue weighted by atomic mass is 16.5. The number of fused-ring (bicyclic) bond motifs is 1. The van der Waals surface area contributed by atoms with Crippen molar-refractivity contribution in [2.45, 2.75) is 26.3 Å². The first kappa shape index (κ1) is 20.7. The largest absolute Gasteiger partial charge is 0.497 e. The molecule has 1 aromatic heterocycles. The molecule has 4 rings (SSSR count). The van der Waals surface area contributed by atoms with Crippen molar-refractivity contribution in [3.8, 4) is 22.9 Å². The van der Waals surface area contributed by atoms with Crippen LogP contribution in [0.25, 0.3) is 22.3 Å². The number of hydrogen-bond acceptors (Lipinski definition) is 4. The Morgan fingerprint density at radius 1 is 0.871 bits per heavy atom. The molecule has 31 heavy (non-hydrogen) atoms. The van der Waals surface area contributed by atoms with Crippen molar-refractivity contribution in [3.05, 3.63) is 88.7 Å². The summed E-state index contributed by atoms with van der Waals surface area (Å²) in [4.78, 5) is 18.0. The molecule has 0 aliphatic carbocycles. The number of unbranched alkanes of at least 4 members (excludes halogenated alkanes) is 1. The SMILES string of the molecule is COc1ccc(-c2nc3ccccc3c(=O)n2CCCCOc2ccc(C)cc2)cc1. The molecule has 0 unspecified atom stereocenters. The lowest BCUT2D eigenvalue weighted by molar-refractivity contribution is 0.303. The summed E-state index contributed by atoms with van der Waals surface area (Å²) in [6, 6.07) is 23.2. The van der Waals surface area contributed by atoms with Crippen LogP contribution in [0.3, 0.4) is 0 Å². The summed E-state index contributed by atoms with van der Waals surface area (Å²) in [5.74, 6) is 2.31. The number of methoxy groups -OCH3 is 1. The van der Waals surface area contributed by atoms with Gasteiger partial charge in [0.25, 0.3) is 5.56 Å². The van der Waals surface area contributed by atoms with Gasteiger partial charge in [0.1, 0.15) is 17.3 Å². The van der Waals surface area contributed by atoms with Gasteiger partial charge in [0.05, 0.1) is 24.6 Å². The van der Waals surface area contributed by atoms with Crippen molar-refractivity contribution < 1.29 is 9.47 Å². The van der Waals surface area contributed by atoms with Crippen LogP contribution in [0.5, 0.6) is 11.5 Å². The average Bonchev–Trinajstić information content (AvgIpc) is 2.81. The number of para-hydroxylation sites is 1. The number of ether oxygens (including phenoxy) is 2. The third kappa shape index (κ3) is 4.77. The molecule has 0 amide bonds. The fraction of sp³-hybridized carbons (Fsp3) is 0.231. The molecule has 0 saturated heterocycles. The lowest BCUT2D eigenvalue weighted by Crippen LogP contribution is -2.24. The molecule has 0 N–H and O–H groups in total. The van der Waals surface area contributed by atoms with Gasteiger partial charge in [-0.15, -0.1) is 0 Å². The van der Waals surface area contributed by atoms with E-state index in [-0.39, 0.29) is 5.56 Å². The van der Waals surface area contributed by atoms with Gasteiger partial charge in [0, 0.05) is 12.1 Å². The van der Waals surface area contributed by atoms with Gasteiger partial charge < -0.3 is 9.47 Å². The van der Waals surface area contributed by atoms with Crippen LogP contribution in [0.15, 0.2) is 77.6 Å². The summed E-state index contributed by atoms with van der Waals surface area (Å²) in [5.41, 5.74) is 2.79. The van der Waals surface area contributed by atoms with Gasteiger partial charge in [-0.25, -0.2) is 4.98 Å². The van der Waals surface area contributed by atoms with Crippen molar-refractivity contribution in [2.24, 2.45) is 0 Å². The lowest BCUT2D eigenvalue weighted by Gasteiger charge is -2.14. The maximum atomic E-state index is 13.2. The van der Waals surface area contributed by atoms with Crippen LogP contribution in [0, 0.1) is 6.92 Å². The fourth-order valence-corrected chi connectivity index (χ4v) is 3.53. The van der Waals surface area contributed by atoms with Gasteiger partial charge in [-0.1, -0.05) is 29.8 Å². The second-order valence-corrected chi connectivity index (χ2v) is 7.51. The first-order valence-electron chi connectivity index (χ1n) is 10.5. The second-order valence-electron chi connectivity index (χ2n) is 7.51. The van der Waals surface area contributed by atoms with Crippen molar-refractivity contribution in [1.29, 1.82) is 0 Å². The molecule has 0 fully saturated rings. The Morgan fingerprint density at radius 3 is 2.32 bits per heavy atom. The van der Waals surface area contributed by atoms with Crippen LogP contribution in [-0.2, 0) is 6.54 Å². The maximum Gasteiger partial charge on any atom is 0.261 e. The smallest absolute Gasteiger partial charge is 0.261 e. The van der Waals surface area contributed by atoms with Crippen molar-refractivity contribution in [1.82, 2.24) is 9.55 Å². The highest BCUT2D eigenvalue weighted by Gasteiger charge is 2.12. The monoisotopic (exact) mass is 414 g/mol. The summed E-state index contributed by atoms with van der Waals surface area (Å²) in [5, 5.41) is 0.635. The predicted molar refractivity (Wildman–Crippen MR) is 124 cm³/mol. The number of nitrogens with zero attached hydrogens (tertiary/aromatic N) is 2. The summed E-state index contributed by atoms with van der Waals surface area (Å²) in [6.45, 7) is 3.24. The Hall–Kier alpha value is -3.60. The molecule has 4 aromatic rings. The van der Waals surface area contributed by atoms with Crippen LogP contribution in [-0.4, -0.2) is 23.3 Å². The van der Waals surface area contributed by atoms with Crippen molar-refractivity contribution >= 4 is 10.9 Å². The normalized spacial score (nSPS) is 10.9. The number of benzene rings is 3. The first-order chi connectivity index (χ1) is 15.2. The molecule has 0 aliphatic rings. The fourth-order valence-electron chi connectivity index (χ4n) is 3.53. The molecular formula is C26H26N2O3. The molecule has 3 aromatic carbocycles. The number of rotatable bonds is 8. The molecular weight excluding hydrogens is 388 g/mol. The maximum absolute atomic E-state index is 13.2. The van der Waals surface area contributed by atoms with Gasteiger partial charge in [-0.2, -0.15) is 0 Å². The van der Waals surface area contributed by atoms with Crippen LogP contribution < -0.4 is 15.0 Å². The lowest BCUT2D eigenvalue weighted by atomic mass is 10.1. The number of hydrogen-bond donors (Lipinski definition) is 0. The molecule has 158 valence electrons. The zero-order chi connectivity index (χ0) is 21.6. The molecule has 0 bridgehead atoms. The highest BCUT2D eigenvalue weighted by molar-refractivity contribution is 5.79. The quantitative estimate of drug-likeness (QED) is 0.370. The summed E-state index contributed by atoms with van der Waals surface area (Å²) < 4.78 is 12.9. The van der Waals surface area contributed by atoms with E-state index in [9.17, 15) is 4.79 Å². The third-order valence-electron chi connectivity index (χ3n) is 5.28. The zero-order valence-electron chi connectivity index (χ0n) is 17.9. The molecule has 0 saturated carbocycles. The van der Waals surface area contributed by atoms with Crippen LogP contribution in [0.2, 0.25) is 0 Å². The molecule has 5 heteroatoms. The van der Waals surface area contributed by atoms with E-state index in [1.165, 1.54) is 5.56 Å². The van der Waals surface area contributed by atoms with E-state index in [0.29, 0.717) is 29.9 Å². The summed E-state index contributed by atoms with van der Waals surface area (Å²) in [6.07, 6.45) is 1.66. The standard InChI is InChI=1S/C26H26N2O3/c1-19-9-13-22(14-10-19)31-18-6-5-17-28-25(20-11-15-21(30-2)16-12-20)27-24-8-4-3-7-23(24)26(28)29/h3-4,7-16H,5-6,17-18H2,1-2H3. The molecule has 0 atom stereocenters. The first-order valence-corrected chi connectivity index (χ1v) is 10.5. The molecule has 0 aliphatic heterocycles. The number of aromatic nitrogens is 2. The molecule has 0 spiro atoms. The third-order valence-corrected chi connectivity index (χ3v) is 5.28. The van der Waals surface area contributed by atoms with E-state index in [2.05, 4.69) is 6.92 Å². The van der Waals surface area contributed by atoms with E-state index >= 15 is 0 Å². The van der Waals surface area contributed by atoms with Gasteiger partial charge in [0.2, 0.25) is 0 Å². The van der Waals surface area contributed by atoms with E-state index in [4.69, 9.17) is 14.5 Å². The van der Waals surface area contributed by atoms with E-state index in [1.807, 2.05) is 72.8 Å². The van der Waals surface area contributed by atoms with E-state index < -0.39 is 0 Å². The van der Waals surface area contributed by atoms with E-state index in [0.717, 1.165) is 29.9 Å². The average molecular weight is 415 g/mol. The summed E-state index contributed by atoms with van der Waals surface area (Å²) in [7, 11) is 1.64. The Bertz CT molecular complexity index is 1210. The predicted octanol–water partition coefficient (Wildman–Crippen LogP) is 5.24. The Labute approximate surface area is 181 Å². The van der Waals surface area contributed by atoms with Crippen LogP contribution >= 0.6 is 0 Å². The van der Waals surface area contributed by atoms with Crippen LogP contribution in [0.1, 0.15) is 18.4 Å². The molecule has 0 radical (unpaired) electrons. The van der Waals surface area contributed by atoms with Crippen molar-refractivity contribution in [2.75, 3.05) is 13.7 Å². The molecule has 1 heterocycles. The minimum Gasteiger partial charge on any atom is -0.497 e.